The molecule has 4 bridgehead atoms. The zero-order valence-electron chi connectivity index (χ0n) is 13.1. The molecule has 0 unspecified atom stereocenters. The van der Waals surface area contributed by atoms with Crippen molar-refractivity contribution in [1.82, 2.24) is 5.32 Å². The van der Waals surface area contributed by atoms with Crippen molar-refractivity contribution < 1.29 is 9.47 Å². The highest BCUT2D eigenvalue weighted by atomic mass is 16.7. The fraction of sp³-hybridized carbons (Fsp3) is 1.00. The van der Waals surface area contributed by atoms with Gasteiger partial charge in [0.1, 0.15) is 0 Å². The molecule has 3 nitrogen and oxygen atoms in total. The second kappa shape index (κ2) is 4.94. The van der Waals surface area contributed by atoms with Gasteiger partial charge in [0.2, 0.25) is 0 Å². The highest BCUT2D eigenvalue weighted by Gasteiger charge is 2.49. The van der Waals surface area contributed by atoms with Crippen LogP contribution in [-0.4, -0.2) is 31.1 Å². The zero-order chi connectivity index (χ0) is 13.9. The number of nitrogens with one attached hydrogen (secondary N) is 1. The van der Waals surface area contributed by atoms with Crippen LogP contribution in [0.25, 0.3) is 0 Å². The van der Waals surface area contributed by atoms with Gasteiger partial charge in [0, 0.05) is 24.9 Å². The third-order valence-electron chi connectivity index (χ3n) is 7.22. The van der Waals surface area contributed by atoms with E-state index in [1.54, 1.807) is 6.42 Å². The molecule has 0 aromatic heterocycles. The van der Waals surface area contributed by atoms with E-state index in [9.17, 15) is 0 Å². The fourth-order valence-electron chi connectivity index (χ4n) is 6.48. The Bertz CT molecular complexity index is 366. The number of rotatable bonds is 2. The maximum absolute atomic E-state index is 5.86. The monoisotopic (exact) mass is 291 g/mol. The Morgan fingerprint density at radius 1 is 0.762 bits per heavy atom. The van der Waals surface area contributed by atoms with Crippen molar-refractivity contribution >= 4 is 0 Å². The van der Waals surface area contributed by atoms with E-state index in [0.717, 1.165) is 55.8 Å². The van der Waals surface area contributed by atoms with Gasteiger partial charge in [-0.25, -0.2) is 0 Å². The lowest BCUT2D eigenvalue weighted by atomic mass is 9.54. The maximum atomic E-state index is 5.86. The first-order chi connectivity index (χ1) is 10.3. The van der Waals surface area contributed by atoms with Crippen LogP contribution in [0.4, 0.5) is 0 Å². The van der Waals surface area contributed by atoms with Crippen LogP contribution in [0.15, 0.2) is 0 Å². The lowest BCUT2D eigenvalue weighted by molar-refractivity contribution is -0.180. The highest BCUT2D eigenvalue weighted by molar-refractivity contribution is 5.02. The van der Waals surface area contributed by atoms with Gasteiger partial charge in [0.15, 0.2) is 5.79 Å². The molecule has 0 atom stereocenters. The summed E-state index contributed by atoms with van der Waals surface area (Å²) in [5.74, 6) is 3.97. The van der Waals surface area contributed by atoms with Crippen molar-refractivity contribution in [3.05, 3.63) is 0 Å². The Labute approximate surface area is 128 Å². The Balaban J connectivity index is 1.21. The third kappa shape index (κ3) is 2.27. The van der Waals surface area contributed by atoms with Crippen LogP contribution in [0.1, 0.15) is 57.8 Å². The molecule has 6 rings (SSSR count). The molecule has 118 valence electrons. The summed E-state index contributed by atoms with van der Waals surface area (Å²) in [6.45, 7) is 1.60. The second-order valence-corrected chi connectivity index (χ2v) is 8.51. The molecule has 5 aliphatic carbocycles. The van der Waals surface area contributed by atoms with E-state index in [4.69, 9.17) is 9.47 Å². The van der Waals surface area contributed by atoms with Gasteiger partial charge in [0.25, 0.3) is 0 Å². The molecule has 6 aliphatic rings. The largest absolute Gasteiger partial charge is 0.348 e. The second-order valence-electron chi connectivity index (χ2n) is 8.51. The fourth-order valence-corrected chi connectivity index (χ4v) is 6.48. The average molecular weight is 291 g/mol. The van der Waals surface area contributed by atoms with E-state index >= 15 is 0 Å². The van der Waals surface area contributed by atoms with Crippen LogP contribution < -0.4 is 5.32 Å². The molecular formula is C18H29NO2. The predicted molar refractivity (Wildman–Crippen MR) is 80.9 cm³/mol. The number of hydrogen-bond donors (Lipinski definition) is 1. The highest BCUT2D eigenvalue weighted by Crippen LogP contribution is 2.54. The molecule has 21 heavy (non-hydrogen) atoms. The summed E-state index contributed by atoms with van der Waals surface area (Å²) in [5, 5.41) is 4.10. The van der Waals surface area contributed by atoms with E-state index in [-0.39, 0.29) is 5.79 Å². The summed E-state index contributed by atoms with van der Waals surface area (Å²) in [6.07, 6.45) is 12.3. The first-order valence-corrected chi connectivity index (χ1v) is 9.34. The summed E-state index contributed by atoms with van der Waals surface area (Å²) in [5.41, 5.74) is 0. The van der Waals surface area contributed by atoms with Crippen LogP contribution in [0.5, 0.6) is 0 Å². The van der Waals surface area contributed by atoms with Crippen LogP contribution in [0.3, 0.4) is 0 Å². The van der Waals surface area contributed by atoms with Gasteiger partial charge in [-0.3, -0.25) is 0 Å². The summed E-state index contributed by atoms with van der Waals surface area (Å²) in [6, 6.07) is 1.55. The molecule has 3 heteroatoms. The number of ether oxygens (including phenoxy) is 2. The lowest BCUT2D eigenvalue weighted by Crippen LogP contribution is -2.57. The van der Waals surface area contributed by atoms with Crippen LogP contribution in [-0.2, 0) is 9.47 Å². The van der Waals surface area contributed by atoms with E-state index in [1.807, 2.05) is 0 Å². The van der Waals surface area contributed by atoms with E-state index in [1.165, 1.54) is 38.5 Å². The minimum Gasteiger partial charge on any atom is -0.348 e. The Kier molecular flexibility index (Phi) is 3.14. The molecule has 6 fully saturated rings. The van der Waals surface area contributed by atoms with Crippen LogP contribution in [0.2, 0.25) is 0 Å². The first kappa shape index (κ1) is 13.3. The topological polar surface area (TPSA) is 30.5 Å². The Morgan fingerprint density at radius 3 is 1.90 bits per heavy atom. The normalized spacial score (nSPS) is 48.3. The molecule has 1 saturated heterocycles. The van der Waals surface area contributed by atoms with Crippen molar-refractivity contribution in [2.45, 2.75) is 75.7 Å². The summed E-state index contributed by atoms with van der Waals surface area (Å²) in [4.78, 5) is 0. The van der Waals surface area contributed by atoms with E-state index in [2.05, 4.69) is 5.32 Å². The predicted octanol–water partition coefficient (Wildman–Crippen LogP) is 3.09. The average Bonchev–Trinajstić information content (AvgIpc) is 2.93. The van der Waals surface area contributed by atoms with Crippen molar-refractivity contribution in [1.29, 1.82) is 0 Å². The first-order valence-electron chi connectivity index (χ1n) is 9.34. The van der Waals surface area contributed by atoms with Crippen LogP contribution in [0, 0.1) is 23.7 Å². The Hall–Kier alpha value is -0.120. The Morgan fingerprint density at radius 2 is 1.33 bits per heavy atom. The molecular weight excluding hydrogens is 262 g/mol. The quantitative estimate of drug-likeness (QED) is 0.848. The molecule has 1 heterocycles. The van der Waals surface area contributed by atoms with Crippen molar-refractivity contribution in [3.63, 3.8) is 0 Å². The smallest absolute Gasteiger partial charge is 0.168 e. The molecule has 1 spiro atoms. The van der Waals surface area contributed by atoms with Gasteiger partial charge in [-0.05, 0) is 68.6 Å². The molecule has 1 N–H and O–H groups in total. The van der Waals surface area contributed by atoms with Crippen molar-refractivity contribution in [2.75, 3.05) is 13.2 Å². The molecule has 0 amide bonds. The SMILES string of the molecule is C1COC2(CCC(NC3C4CC5CC(C4)CC3C5)CC2)O1. The summed E-state index contributed by atoms with van der Waals surface area (Å²) < 4.78 is 11.7. The zero-order valence-corrected chi connectivity index (χ0v) is 13.1. The molecule has 0 aromatic rings. The third-order valence-corrected chi connectivity index (χ3v) is 7.22. The lowest BCUT2D eigenvalue weighted by Gasteiger charge is -2.55. The van der Waals surface area contributed by atoms with E-state index in [0.29, 0.717) is 6.04 Å². The van der Waals surface area contributed by atoms with Gasteiger partial charge in [-0.2, -0.15) is 0 Å². The van der Waals surface area contributed by atoms with Crippen LogP contribution >= 0.6 is 0 Å². The van der Waals surface area contributed by atoms with Crippen molar-refractivity contribution in [3.8, 4) is 0 Å². The van der Waals surface area contributed by atoms with Gasteiger partial charge in [-0.1, -0.05) is 0 Å². The minimum absolute atomic E-state index is 0.192. The standard InChI is InChI=1S/C18H29NO2/c1-3-18(20-5-6-21-18)4-2-16(1)19-17-14-8-12-7-13(10-14)11-15(17)9-12/h12-17,19H,1-11H2. The van der Waals surface area contributed by atoms with E-state index < -0.39 is 0 Å². The maximum Gasteiger partial charge on any atom is 0.168 e. The van der Waals surface area contributed by atoms with Crippen molar-refractivity contribution in [2.24, 2.45) is 23.7 Å². The van der Waals surface area contributed by atoms with Gasteiger partial charge in [0.05, 0.1) is 13.2 Å². The van der Waals surface area contributed by atoms with Gasteiger partial charge >= 0.3 is 0 Å². The molecule has 5 saturated carbocycles. The van der Waals surface area contributed by atoms with Gasteiger partial charge in [-0.15, -0.1) is 0 Å². The minimum atomic E-state index is -0.192. The molecule has 0 radical (unpaired) electrons. The molecule has 0 aromatic carbocycles. The summed E-state index contributed by atoms with van der Waals surface area (Å²) in [7, 11) is 0. The summed E-state index contributed by atoms with van der Waals surface area (Å²) >= 11 is 0. The van der Waals surface area contributed by atoms with Gasteiger partial charge < -0.3 is 14.8 Å². The number of hydrogen-bond acceptors (Lipinski definition) is 3. The molecule has 1 aliphatic heterocycles.